The maximum absolute atomic E-state index is 5.26. The SMILES string of the molecule is CC(C)=NCC1CCOCC1. The molecule has 1 saturated heterocycles. The molecular formula is C9H17NO. The second-order valence-corrected chi connectivity index (χ2v) is 3.34. The smallest absolute Gasteiger partial charge is 0.0469 e. The molecule has 0 amide bonds. The standard InChI is InChI=1S/C9H17NO/c1-8(2)10-7-9-3-5-11-6-4-9/h9H,3-7H2,1-2H3. The Bertz CT molecular complexity index is 132. The quantitative estimate of drug-likeness (QED) is 0.558. The third kappa shape index (κ3) is 3.51. The molecule has 0 N–H and O–H groups in total. The van der Waals surface area contributed by atoms with Gasteiger partial charge in [0.2, 0.25) is 0 Å². The summed E-state index contributed by atoms with van der Waals surface area (Å²) in [6.07, 6.45) is 2.38. The molecule has 0 bridgehead atoms. The molecule has 0 radical (unpaired) electrons. The highest BCUT2D eigenvalue weighted by Gasteiger charge is 2.12. The Kier molecular flexibility index (Phi) is 3.57. The molecule has 1 fully saturated rings. The average Bonchev–Trinajstić information content (AvgIpc) is 2.03. The van der Waals surface area contributed by atoms with E-state index in [2.05, 4.69) is 18.8 Å². The third-order valence-electron chi connectivity index (χ3n) is 2.01. The minimum Gasteiger partial charge on any atom is -0.381 e. The van der Waals surface area contributed by atoms with Gasteiger partial charge in [-0.05, 0) is 32.6 Å². The Morgan fingerprint density at radius 2 is 2.00 bits per heavy atom. The zero-order chi connectivity index (χ0) is 8.10. The predicted octanol–water partition coefficient (Wildman–Crippen LogP) is 1.89. The predicted molar refractivity (Wildman–Crippen MR) is 47.2 cm³/mol. The van der Waals surface area contributed by atoms with Gasteiger partial charge in [-0.2, -0.15) is 0 Å². The Morgan fingerprint density at radius 3 is 2.55 bits per heavy atom. The number of rotatable bonds is 2. The van der Waals surface area contributed by atoms with E-state index >= 15 is 0 Å². The molecule has 0 unspecified atom stereocenters. The van der Waals surface area contributed by atoms with E-state index in [0.717, 1.165) is 25.7 Å². The first-order valence-corrected chi connectivity index (χ1v) is 4.34. The highest BCUT2D eigenvalue weighted by molar-refractivity contribution is 5.79. The molecule has 0 aromatic heterocycles. The normalized spacial score (nSPS) is 19.8. The van der Waals surface area contributed by atoms with Crippen molar-refractivity contribution in [1.82, 2.24) is 0 Å². The summed E-state index contributed by atoms with van der Waals surface area (Å²) in [4.78, 5) is 4.41. The molecule has 0 spiro atoms. The van der Waals surface area contributed by atoms with Gasteiger partial charge >= 0.3 is 0 Å². The van der Waals surface area contributed by atoms with Gasteiger partial charge in [-0.25, -0.2) is 0 Å². The van der Waals surface area contributed by atoms with Crippen molar-refractivity contribution in [1.29, 1.82) is 0 Å². The van der Waals surface area contributed by atoms with Crippen molar-refractivity contribution in [3.05, 3.63) is 0 Å². The fraction of sp³-hybridized carbons (Fsp3) is 0.889. The molecule has 0 atom stereocenters. The maximum Gasteiger partial charge on any atom is 0.0469 e. The first kappa shape index (κ1) is 8.72. The molecule has 11 heavy (non-hydrogen) atoms. The van der Waals surface area contributed by atoms with Crippen molar-refractivity contribution >= 4 is 5.71 Å². The number of hydrogen-bond donors (Lipinski definition) is 0. The van der Waals surface area contributed by atoms with Gasteiger partial charge in [0.1, 0.15) is 0 Å². The second-order valence-electron chi connectivity index (χ2n) is 3.34. The molecule has 1 heterocycles. The van der Waals surface area contributed by atoms with Crippen molar-refractivity contribution in [2.24, 2.45) is 10.9 Å². The minimum atomic E-state index is 0.777. The van der Waals surface area contributed by atoms with E-state index in [9.17, 15) is 0 Å². The van der Waals surface area contributed by atoms with Crippen molar-refractivity contribution in [2.75, 3.05) is 19.8 Å². The van der Waals surface area contributed by atoms with Crippen LogP contribution in [0.5, 0.6) is 0 Å². The third-order valence-corrected chi connectivity index (χ3v) is 2.01. The van der Waals surface area contributed by atoms with Gasteiger partial charge in [0.15, 0.2) is 0 Å². The molecule has 64 valence electrons. The number of nitrogens with zero attached hydrogens (tertiary/aromatic N) is 1. The summed E-state index contributed by atoms with van der Waals surface area (Å²) in [6, 6.07) is 0. The lowest BCUT2D eigenvalue weighted by Gasteiger charge is -2.20. The van der Waals surface area contributed by atoms with Crippen LogP contribution >= 0.6 is 0 Å². The molecule has 2 nitrogen and oxygen atoms in total. The lowest BCUT2D eigenvalue weighted by molar-refractivity contribution is 0.0689. The van der Waals surface area contributed by atoms with Gasteiger partial charge in [0, 0.05) is 25.5 Å². The summed E-state index contributed by atoms with van der Waals surface area (Å²) in [7, 11) is 0. The van der Waals surface area contributed by atoms with E-state index in [4.69, 9.17) is 4.74 Å². The number of hydrogen-bond acceptors (Lipinski definition) is 2. The zero-order valence-corrected chi connectivity index (χ0v) is 7.47. The van der Waals surface area contributed by atoms with Crippen molar-refractivity contribution in [2.45, 2.75) is 26.7 Å². The molecule has 0 aromatic carbocycles. The lowest BCUT2D eigenvalue weighted by Crippen LogP contribution is -2.18. The van der Waals surface area contributed by atoms with Gasteiger partial charge in [0.05, 0.1) is 0 Å². The summed E-state index contributed by atoms with van der Waals surface area (Å²) in [6.45, 7) is 6.98. The summed E-state index contributed by atoms with van der Waals surface area (Å²) in [5.41, 5.74) is 1.19. The Morgan fingerprint density at radius 1 is 1.36 bits per heavy atom. The van der Waals surface area contributed by atoms with Gasteiger partial charge in [-0.1, -0.05) is 0 Å². The molecule has 0 aromatic rings. The molecule has 0 saturated carbocycles. The van der Waals surface area contributed by atoms with E-state index < -0.39 is 0 Å². The summed E-state index contributed by atoms with van der Waals surface area (Å²) < 4.78 is 5.26. The van der Waals surface area contributed by atoms with Crippen LogP contribution in [0.25, 0.3) is 0 Å². The maximum atomic E-state index is 5.26. The monoisotopic (exact) mass is 155 g/mol. The van der Waals surface area contributed by atoms with E-state index in [0.29, 0.717) is 0 Å². The average molecular weight is 155 g/mol. The first-order chi connectivity index (χ1) is 5.29. The van der Waals surface area contributed by atoms with Crippen LogP contribution in [0.15, 0.2) is 4.99 Å². The van der Waals surface area contributed by atoms with Gasteiger partial charge in [-0.15, -0.1) is 0 Å². The minimum absolute atomic E-state index is 0.777. The van der Waals surface area contributed by atoms with Crippen molar-refractivity contribution in [3.63, 3.8) is 0 Å². The van der Waals surface area contributed by atoms with Crippen LogP contribution in [0.3, 0.4) is 0 Å². The number of aliphatic imine (C=N–C) groups is 1. The van der Waals surface area contributed by atoms with Crippen LogP contribution in [-0.2, 0) is 4.74 Å². The van der Waals surface area contributed by atoms with Crippen LogP contribution in [-0.4, -0.2) is 25.5 Å². The Labute approximate surface area is 68.7 Å². The zero-order valence-electron chi connectivity index (χ0n) is 7.47. The number of ether oxygens (including phenoxy) is 1. The summed E-state index contributed by atoms with van der Waals surface area (Å²) in [5.74, 6) is 0.777. The van der Waals surface area contributed by atoms with Crippen molar-refractivity contribution in [3.8, 4) is 0 Å². The van der Waals surface area contributed by atoms with Crippen LogP contribution < -0.4 is 0 Å². The van der Waals surface area contributed by atoms with Crippen LogP contribution in [0.4, 0.5) is 0 Å². The summed E-state index contributed by atoms with van der Waals surface area (Å²) >= 11 is 0. The highest BCUT2D eigenvalue weighted by atomic mass is 16.5. The van der Waals surface area contributed by atoms with Crippen LogP contribution in [0, 0.1) is 5.92 Å². The van der Waals surface area contributed by atoms with Crippen LogP contribution in [0.1, 0.15) is 26.7 Å². The fourth-order valence-electron chi connectivity index (χ4n) is 1.24. The molecule has 1 aliphatic heterocycles. The molecule has 0 aliphatic carbocycles. The molecule has 1 rings (SSSR count). The Hall–Kier alpha value is -0.370. The largest absolute Gasteiger partial charge is 0.381 e. The van der Waals surface area contributed by atoms with E-state index in [1.54, 1.807) is 0 Å². The first-order valence-electron chi connectivity index (χ1n) is 4.34. The molecule has 2 heteroatoms. The molecule has 1 aliphatic rings. The van der Waals surface area contributed by atoms with Gasteiger partial charge in [0.25, 0.3) is 0 Å². The Balaban J connectivity index is 2.19. The van der Waals surface area contributed by atoms with Gasteiger partial charge in [-0.3, -0.25) is 4.99 Å². The van der Waals surface area contributed by atoms with E-state index in [-0.39, 0.29) is 0 Å². The lowest BCUT2D eigenvalue weighted by atomic mass is 10.0. The molecular weight excluding hydrogens is 138 g/mol. The highest BCUT2D eigenvalue weighted by Crippen LogP contribution is 2.14. The second kappa shape index (κ2) is 4.50. The van der Waals surface area contributed by atoms with Gasteiger partial charge < -0.3 is 4.74 Å². The van der Waals surface area contributed by atoms with Crippen LogP contribution in [0.2, 0.25) is 0 Å². The van der Waals surface area contributed by atoms with E-state index in [1.807, 2.05) is 0 Å². The fourth-order valence-corrected chi connectivity index (χ4v) is 1.24. The topological polar surface area (TPSA) is 21.6 Å². The van der Waals surface area contributed by atoms with E-state index in [1.165, 1.54) is 18.6 Å². The van der Waals surface area contributed by atoms with Crippen molar-refractivity contribution < 1.29 is 4.74 Å². The summed E-state index contributed by atoms with van der Waals surface area (Å²) in [5, 5.41) is 0.